The maximum Gasteiger partial charge on any atom is 0.242 e. The number of nitrogens with one attached hydrogen (secondary N) is 1. The number of carbonyl (C=O) groups excluding carboxylic acids is 2. The fourth-order valence-electron chi connectivity index (χ4n) is 2.85. The molecule has 1 N–H and O–H groups in total. The Bertz CT molecular complexity index is 806. The van der Waals surface area contributed by atoms with Gasteiger partial charge >= 0.3 is 0 Å². The highest BCUT2D eigenvalue weighted by atomic mass is 19.1. The van der Waals surface area contributed by atoms with E-state index in [1.54, 1.807) is 38.3 Å². The van der Waals surface area contributed by atoms with E-state index >= 15 is 0 Å². The van der Waals surface area contributed by atoms with Crippen LogP contribution in [0.5, 0.6) is 5.75 Å². The summed E-state index contributed by atoms with van der Waals surface area (Å²) in [6, 6.07) is 12.6. The van der Waals surface area contributed by atoms with Crippen molar-refractivity contribution in [1.82, 2.24) is 10.2 Å². The first-order chi connectivity index (χ1) is 13.8. The number of hydrogen-bond acceptors (Lipinski definition) is 3. The topological polar surface area (TPSA) is 58.6 Å². The maximum atomic E-state index is 13.2. The van der Waals surface area contributed by atoms with E-state index in [1.807, 2.05) is 26.0 Å². The summed E-state index contributed by atoms with van der Waals surface area (Å²) in [5.74, 6) is -0.00563. The van der Waals surface area contributed by atoms with Gasteiger partial charge in [0.2, 0.25) is 11.8 Å². The fourth-order valence-corrected chi connectivity index (χ4v) is 2.85. The van der Waals surface area contributed by atoms with Crippen molar-refractivity contribution < 1.29 is 18.7 Å². The first-order valence-corrected chi connectivity index (χ1v) is 9.81. The minimum atomic E-state index is -0.653. The summed E-state index contributed by atoms with van der Waals surface area (Å²) in [6.07, 6.45) is 0.961. The molecule has 0 heterocycles. The number of halogens is 1. The molecule has 0 saturated heterocycles. The van der Waals surface area contributed by atoms with Crippen LogP contribution in [0.15, 0.2) is 48.5 Å². The lowest BCUT2D eigenvalue weighted by molar-refractivity contribution is -0.140. The molecule has 5 nitrogen and oxygen atoms in total. The number of amides is 2. The van der Waals surface area contributed by atoms with Crippen LogP contribution in [0.3, 0.4) is 0 Å². The Morgan fingerprint density at radius 3 is 2.17 bits per heavy atom. The number of carbonyl (C=O) groups is 2. The zero-order valence-corrected chi connectivity index (χ0v) is 17.4. The highest BCUT2D eigenvalue weighted by Crippen LogP contribution is 2.16. The van der Waals surface area contributed by atoms with Gasteiger partial charge in [-0.15, -0.1) is 0 Å². The maximum absolute atomic E-state index is 13.2. The number of nitrogens with zero attached hydrogens (tertiary/aromatic N) is 1. The lowest BCUT2D eigenvalue weighted by Crippen LogP contribution is -2.49. The molecule has 0 radical (unpaired) electrons. The van der Waals surface area contributed by atoms with E-state index in [0.717, 1.165) is 17.5 Å². The van der Waals surface area contributed by atoms with Crippen molar-refractivity contribution in [1.29, 1.82) is 0 Å². The van der Waals surface area contributed by atoms with Crippen LogP contribution in [0.4, 0.5) is 4.39 Å². The second-order valence-electron chi connectivity index (χ2n) is 7.17. The van der Waals surface area contributed by atoms with Gasteiger partial charge in [0.05, 0.1) is 13.5 Å². The van der Waals surface area contributed by atoms with Gasteiger partial charge in [0.15, 0.2) is 0 Å². The lowest BCUT2D eigenvalue weighted by atomic mass is 10.1. The van der Waals surface area contributed by atoms with E-state index in [1.165, 1.54) is 17.0 Å². The van der Waals surface area contributed by atoms with Crippen molar-refractivity contribution in [3.63, 3.8) is 0 Å². The van der Waals surface area contributed by atoms with Crippen LogP contribution in [-0.4, -0.2) is 35.9 Å². The van der Waals surface area contributed by atoms with Crippen LogP contribution in [0.2, 0.25) is 0 Å². The smallest absolute Gasteiger partial charge is 0.242 e. The van der Waals surface area contributed by atoms with Crippen molar-refractivity contribution in [2.24, 2.45) is 0 Å². The number of ether oxygens (including phenoxy) is 1. The molecular weight excluding hydrogens is 371 g/mol. The molecule has 2 aromatic carbocycles. The lowest BCUT2D eigenvalue weighted by Gasteiger charge is -2.30. The van der Waals surface area contributed by atoms with E-state index in [2.05, 4.69) is 5.32 Å². The Morgan fingerprint density at radius 1 is 1.03 bits per heavy atom. The monoisotopic (exact) mass is 400 g/mol. The van der Waals surface area contributed by atoms with Crippen LogP contribution < -0.4 is 10.1 Å². The summed E-state index contributed by atoms with van der Waals surface area (Å²) in [5.41, 5.74) is 1.59. The van der Waals surface area contributed by atoms with Gasteiger partial charge in [-0.1, -0.05) is 31.2 Å². The number of benzene rings is 2. The Labute approximate surface area is 171 Å². The summed E-state index contributed by atoms with van der Waals surface area (Å²) in [7, 11) is 1.59. The Hall–Kier alpha value is -2.89. The molecular formula is C23H29FN2O3. The molecule has 0 aliphatic carbocycles. The third kappa shape index (κ3) is 6.59. The summed E-state index contributed by atoms with van der Waals surface area (Å²) >= 11 is 0. The zero-order chi connectivity index (χ0) is 21.4. The SMILES string of the molecule is CC[C@H](C)NC(=O)[C@H](C)N(Cc1ccc(F)cc1)C(=O)Cc1ccc(OC)cc1. The molecule has 0 fully saturated rings. The Morgan fingerprint density at radius 2 is 1.62 bits per heavy atom. The van der Waals surface area contributed by atoms with Gasteiger partial charge in [-0.25, -0.2) is 4.39 Å². The molecule has 0 aliphatic rings. The van der Waals surface area contributed by atoms with Gasteiger partial charge in [-0.2, -0.15) is 0 Å². The van der Waals surface area contributed by atoms with Crippen molar-refractivity contribution in [3.8, 4) is 5.75 Å². The molecule has 0 bridgehead atoms. The van der Waals surface area contributed by atoms with Crippen LogP contribution in [0.25, 0.3) is 0 Å². The second kappa shape index (κ2) is 10.6. The third-order valence-corrected chi connectivity index (χ3v) is 4.95. The Balaban J connectivity index is 2.20. The predicted molar refractivity (Wildman–Crippen MR) is 111 cm³/mol. The number of hydrogen-bond donors (Lipinski definition) is 1. The summed E-state index contributed by atoms with van der Waals surface area (Å²) in [6.45, 7) is 5.85. The largest absolute Gasteiger partial charge is 0.497 e. The van der Waals surface area contributed by atoms with Crippen molar-refractivity contribution >= 4 is 11.8 Å². The van der Waals surface area contributed by atoms with Crippen molar-refractivity contribution in [3.05, 3.63) is 65.5 Å². The molecule has 0 unspecified atom stereocenters. The van der Waals surface area contributed by atoms with Gasteiger partial charge in [-0.05, 0) is 55.7 Å². The van der Waals surface area contributed by atoms with Gasteiger partial charge in [0, 0.05) is 12.6 Å². The van der Waals surface area contributed by atoms with Crippen molar-refractivity contribution in [2.45, 2.75) is 52.2 Å². The Kier molecular flexibility index (Phi) is 8.19. The quantitative estimate of drug-likeness (QED) is 0.698. The standard InChI is InChI=1S/C23H29FN2O3/c1-5-16(2)25-23(28)17(3)26(15-19-6-10-20(24)11-7-19)22(27)14-18-8-12-21(29-4)13-9-18/h6-13,16-17H,5,14-15H2,1-4H3,(H,25,28)/t16-,17-/m0/s1. The molecule has 0 aliphatic heterocycles. The average Bonchev–Trinajstić information content (AvgIpc) is 2.73. The molecule has 0 aromatic heterocycles. The van der Waals surface area contributed by atoms with Gasteiger partial charge in [-0.3, -0.25) is 9.59 Å². The highest BCUT2D eigenvalue weighted by Gasteiger charge is 2.26. The molecule has 2 amide bonds. The zero-order valence-electron chi connectivity index (χ0n) is 17.4. The summed E-state index contributed by atoms with van der Waals surface area (Å²) in [4.78, 5) is 27.3. The van der Waals surface area contributed by atoms with Crippen LogP contribution in [0.1, 0.15) is 38.3 Å². The average molecular weight is 400 g/mol. The van der Waals surface area contributed by atoms with E-state index in [-0.39, 0.29) is 36.6 Å². The minimum Gasteiger partial charge on any atom is -0.497 e. The van der Waals surface area contributed by atoms with Gasteiger partial charge in [0.1, 0.15) is 17.6 Å². The second-order valence-corrected chi connectivity index (χ2v) is 7.17. The molecule has 29 heavy (non-hydrogen) atoms. The third-order valence-electron chi connectivity index (χ3n) is 4.95. The van der Waals surface area contributed by atoms with E-state index in [9.17, 15) is 14.0 Å². The van der Waals surface area contributed by atoms with E-state index in [4.69, 9.17) is 4.74 Å². The van der Waals surface area contributed by atoms with Gasteiger partial charge in [0.25, 0.3) is 0 Å². The minimum absolute atomic E-state index is 0.0225. The van der Waals surface area contributed by atoms with E-state index < -0.39 is 6.04 Å². The normalized spacial score (nSPS) is 12.7. The first kappa shape index (κ1) is 22.4. The number of methoxy groups -OCH3 is 1. The predicted octanol–water partition coefficient (Wildman–Crippen LogP) is 3.71. The molecule has 156 valence electrons. The molecule has 0 spiro atoms. The molecule has 6 heteroatoms. The number of rotatable bonds is 9. The van der Waals surface area contributed by atoms with Gasteiger partial charge < -0.3 is 15.0 Å². The highest BCUT2D eigenvalue weighted by molar-refractivity contribution is 5.88. The van der Waals surface area contributed by atoms with Crippen LogP contribution >= 0.6 is 0 Å². The van der Waals surface area contributed by atoms with Crippen LogP contribution in [-0.2, 0) is 22.6 Å². The van der Waals surface area contributed by atoms with E-state index in [0.29, 0.717) is 5.75 Å². The van der Waals surface area contributed by atoms with Crippen molar-refractivity contribution in [2.75, 3.05) is 7.11 Å². The molecule has 0 saturated carbocycles. The fraction of sp³-hybridized carbons (Fsp3) is 0.391. The van der Waals surface area contributed by atoms with Crippen LogP contribution in [0, 0.1) is 5.82 Å². The molecule has 2 aromatic rings. The molecule has 2 atom stereocenters. The summed E-state index contributed by atoms with van der Waals surface area (Å²) in [5, 5.41) is 2.93. The first-order valence-electron chi connectivity index (χ1n) is 9.81. The molecule has 2 rings (SSSR count). The summed E-state index contributed by atoms with van der Waals surface area (Å²) < 4.78 is 18.4.